The summed E-state index contributed by atoms with van der Waals surface area (Å²) in [7, 11) is 2.91. The van der Waals surface area contributed by atoms with E-state index in [-0.39, 0.29) is 33.4 Å². The summed E-state index contributed by atoms with van der Waals surface area (Å²) in [6.45, 7) is 1.79. The number of ether oxygens (including phenoxy) is 1. The lowest BCUT2D eigenvalue weighted by Gasteiger charge is -2.20. The van der Waals surface area contributed by atoms with Crippen molar-refractivity contribution in [2.45, 2.75) is 25.3 Å². The van der Waals surface area contributed by atoms with E-state index in [0.29, 0.717) is 35.3 Å². The predicted octanol–water partition coefficient (Wildman–Crippen LogP) is 7.08. The molecule has 0 unspecified atom stereocenters. The zero-order chi connectivity index (χ0) is 32.2. The van der Waals surface area contributed by atoms with Crippen LogP contribution in [0.15, 0.2) is 83.5 Å². The van der Waals surface area contributed by atoms with Gasteiger partial charge >= 0.3 is 0 Å². The maximum absolute atomic E-state index is 16.6. The number of halogens is 2. The highest BCUT2D eigenvalue weighted by Gasteiger charge is 2.47. The van der Waals surface area contributed by atoms with Crippen molar-refractivity contribution in [2.75, 3.05) is 14.2 Å². The van der Waals surface area contributed by atoms with Crippen molar-refractivity contribution in [3.8, 4) is 28.2 Å². The van der Waals surface area contributed by atoms with Gasteiger partial charge in [-0.2, -0.15) is 0 Å². The minimum atomic E-state index is -0.694. The van der Waals surface area contributed by atoms with E-state index in [1.54, 1.807) is 43.6 Å². The van der Waals surface area contributed by atoms with Crippen molar-refractivity contribution in [1.82, 2.24) is 20.6 Å². The molecule has 0 saturated heterocycles. The van der Waals surface area contributed by atoms with Gasteiger partial charge < -0.3 is 19.8 Å². The molecule has 0 spiro atoms. The molecule has 7 rings (SSSR count). The molecule has 2 amide bonds. The zero-order valence-electron chi connectivity index (χ0n) is 25.2. The number of carbonyl (C=O) groups is 2. The molecule has 8 nitrogen and oxygen atoms in total. The number of aryl methyl sites for hydroxylation is 1. The Kier molecular flexibility index (Phi) is 7.00. The second kappa shape index (κ2) is 11.1. The number of nitrogens with one attached hydrogen (secondary N) is 2. The van der Waals surface area contributed by atoms with Crippen molar-refractivity contribution < 1.29 is 27.5 Å². The summed E-state index contributed by atoms with van der Waals surface area (Å²) in [5.41, 5.74) is 2.88. The van der Waals surface area contributed by atoms with E-state index in [1.165, 1.54) is 38.4 Å². The standard InChI is InChI=1S/C36H28F2N4O4/c1-19-16-28(45-3)25(34(43)42-36(13-14-36)29-11-6-20-12-15-40-18-26(20)41-29)17-24(19)23-9-10-27-30(32(23)38)31(35(44)39-2)33(46-27)21-4-7-22(37)8-5-21/h4-12,15-18H,13-14H2,1-3H3,(H,39,44)(H,42,43). The number of carbonyl (C=O) groups excluding carboxylic acids is 2. The number of hydrogen-bond acceptors (Lipinski definition) is 6. The number of fused-ring (bicyclic) bond motifs is 2. The first-order valence-corrected chi connectivity index (χ1v) is 14.7. The molecule has 1 aliphatic carbocycles. The molecule has 3 aromatic carbocycles. The van der Waals surface area contributed by atoms with Gasteiger partial charge in [-0.15, -0.1) is 0 Å². The van der Waals surface area contributed by atoms with Gasteiger partial charge in [0.05, 0.1) is 46.6 Å². The third kappa shape index (κ3) is 4.82. The predicted molar refractivity (Wildman–Crippen MR) is 170 cm³/mol. The number of benzene rings is 3. The Morgan fingerprint density at radius 1 is 0.957 bits per heavy atom. The van der Waals surface area contributed by atoms with Crippen molar-refractivity contribution in [3.05, 3.63) is 113 Å². The van der Waals surface area contributed by atoms with Crippen LogP contribution in [0.5, 0.6) is 5.75 Å². The minimum Gasteiger partial charge on any atom is -0.496 e. The van der Waals surface area contributed by atoms with E-state index >= 15 is 4.39 Å². The maximum atomic E-state index is 16.6. The number of hydrogen-bond donors (Lipinski definition) is 2. The Morgan fingerprint density at radius 3 is 2.46 bits per heavy atom. The average molecular weight is 619 g/mol. The molecule has 2 N–H and O–H groups in total. The summed E-state index contributed by atoms with van der Waals surface area (Å²) in [4.78, 5) is 35.9. The van der Waals surface area contributed by atoms with Crippen molar-refractivity contribution in [3.63, 3.8) is 0 Å². The molecule has 1 fully saturated rings. The lowest BCUT2D eigenvalue weighted by molar-refractivity contribution is 0.0925. The van der Waals surface area contributed by atoms with Gasteiger partial charge in [0.2, 0.25) is 0 Å². The number of rotatable bonds is 7. The molecule has 1 aliphatic rings. The number of furan rings is 1. The van der Waals surface area contributed by atoms with Crippen molar-refractivity contribution >= 4 is 33.7 Å². The fraction of sp³-hybridized carbons (Fsp3) is 0.167. The van der Waals surface area contributed by atoms with Crippen LogP contribution in [0.1, 0.15) is 44.8 Å². The maximum Gasteiger partial charge on any atom is 0.255 e. The van der Waals surface area contributed by atoms with Crippen LogP contribution in [0, 0.1) is 18.6 Å². The summed E-state index contributed by atoms with van der Waals surface area (Å²) >= 11 is 0. The van der Waals surface area contributed by atoms with Gasteiger partial charge in [0.1, 0.15) is 28.7 Å². The highest BCUT2D eigenvalue weighted by molar-refractivity contribution is 6.12. The number of methoxy groups -OCH3 is 1. The average Bonchev–Trinajstić information content (AvgIpc) is 3.75. The molecule has 0 bridgehead atoms. The quantitative estimate of drug-likeness (QED) is 0.198. The first kappa shape index (κ1) is 29.1. The molecule has 0 aliphatic heterocycles. The normalized spacial score (nSPS) is 13.5. The molecule has 46 heavy (non-hydrogen) atoms. The summed E-state index contributed by atoms with van der Waals surface area (Å²) in [6.07, 6.45) is 4.82. The highest BCUT2D eigenvalue weighted by atomic mass is 19.1. The lowest BCUT2D eigenvalue weighted by Crippen LogP contribution is -2.35. The lowest BCUT2D eigenvalue weighted by atomic mass is 9.94. The molecule has 3 aromatic heterocycles. The van der Waals surface area contributed by atoms with Gasteiger partial charge in [-0.25, -0.2) is 13.8 Å². The van der Waals surface area contributed by atoms with Gasteiger partial charge in [0.15, 0.2) is 0 Å². The van der Waals surface area contributed by atoms with Crippen LogP contribution in [-0.4, -0.2) is 35.9 Å². The van der Waals surface area contributed by atoms with E-state index in [2.05, 4.69) is 15.6 Å². The number of nitrogens with zero attached hydrogens (tertiary/aromatic N) is 2. The van der Waals surface area contributed by atoms with Crippen LogP contribution in [0.2, 0.25) is 0 Å². The molecular weight excluding hydrogens is 590 g/mol. The van der Waals surface area contributed by atoms with Crippen LogP contribution in [0.3, 0.4) is 0 Å². The molecule has 0 atom stereocenters. The molecule has 230 valence electrons. The summed E-state index contributed by atoms with van der Waals surface area (Å²) in [5.74, 6) is -1.65. The van der Waals surface area contributed by atoms with E-state index in [9.17, 15) is 14.0 Å². The second-order valence-electron chi connectivity index (χ2n) is 11.4. The van der Waals surface area contributed by atoms with Gasteiger partial charge in [-0.1, -0.05) is 6.07 Å². The van der Waals surface area contributed by atoms with E-state index in [0.717, 1.165) is 16.6 Å². The number of amides is 2. The van der Waals surface area contributed by atoms with Crippen molar-refractivity contribution in [1.29, 1.82) is 0 Å². The molecule has 10 heteroatoms. The fourth-order valence-corrected chi connectivity index (χ4v) is 5.91. The first-order chi connectivity index (χ1) is 22.2. The van der Waals surface area contributed by atoms with Crippen LogP contribution >= 0.6 is 0 Å². The monoisotopic (exact) mass is 618 g/mol. The summed E-state index contributed by atoms with van der Waals surface area (Å²) in [5, 5.41) is 6.63. The highest BCUT2D eigenvalue weighted by Crippen LogP contribution is 2.46. The van der Waals surface area contributed by atoms with Gasteiger partial charge in [-0.3, -0.25) is 14.6 Å². The van der Waals surface area contributed by atoms with Gasteiger partial charge in [0, 0.05) is 29.8 Å². The van der Waals surface area contributed by atoms with E-state index < -0.39 is 29.0 Å². The Balaban J connectivity index is 1.31. The summed E-state index contributed by atoms with van der Waals surface area (Å²) in [6, 6.07) is 17.6. The van der Waals surface area contributed by atoms with Crippen LogP contribution in [0.25, 0.3) is 44.3 Å². The van der Waals surface area contributed by atoms with E-state index in [1.807, 2.05) is 18.2 Å². The molecule has 6 aromatic rings. The molecular formula is C36H28F2N4O4. The molecule has 1 saturated carbocycles. The number of pyridine rings is 2. The second-order valence-corrected chi connectivity index (χ2v) is 11.4. The van der Waals surface area contributed by atoms with Crippen LogP contribution in [0.4, 0.5) is 8.78 Å². The largest absolute Gasteiger partial charge is 0.496 e. The Bertz CT molecular complexity index is 2190. The van der Waals surface area contributed by atoms with Gasteiger partial charge in [0.25, 0.3) is 11.8 Å². The topological polar surface area (TPSA) is 106 Å². The Labute approximate surface area is 262 Å². The molecule has 0 radical (unpaired) electrons. The third-order valence-electron chi connectivity index (χ3n) is 8.52. The first-order valence-electron chi connectivity index (χ1n) is 14.7. The number of aromatic nitrogens is 2. The third-order valence-corrected chi connectivity index (χ3v) is 8.52. The smallest absolute Gasteiger partial charge is 0.255 e. The van der Waals surface area contributed by atoms with Crippen molar-refractivity contribution in [2.24, 2.45) is 0 Å². The van der Waals surface area contributed by atoms with E-state index in [4.69, 9.17) is 14.1 Å². The van der Waals surface area contributed by atoms with Gasteiger partial charge in [-0.05, 0) is 91.6 Å². The SMILES string of the molecule is CNC(=O)c1c(-c2ccc(F)cc2)oc2ccc(-c3cc(C(=O)NC4(c5ccc6ccncc6n5)CC4)c(OC)cc3C)c(F)c12. The Hall–Kier alpha value is -5.64. The zero-order valence-corrected chi connectivity index (χ0v) is 25.2. The minimum absolute atomic E-state index is 0.0126. The fourth-order valence-electron chi connectivity index (χ4n) is 5.91. The molecule has 3 heterocycles. The Morgan fingerprint density at radius 2 is 1.74 bits per heavy atom. The summed E-state index contributed by atoms with van der Waals surface area (Å²) < 4.78 is 41.8. The van der Waals surface area contributed by atoms with Crippen LogP contribution < -0.4 is 15.4 Å². The van der Waals surface area contributed by atoms with Crippen LogP contribution in [-0.2, 0) is 5.54 Å².